The van der Waals surface area contributed by atoms with Crippen LogP contribution in [0.25, 0.3) is 0 Å². The summed E-state index contributed by atoms with van der Waals surface area (Å²) in [5.74, 6) is -3.36. The maximum absolute atomic E-state index is 12.9. The summed E-state index contributed by atoms with van der Waals surface area (Å²) in [7, 11) is -0.883. The number of methoxy groups -OCH3 is 1. The Labute approximate surface area is 247 Å². The standard InChI is InChI=1S/C31H54O9Si/c1-10-11-12-13-14-16-26(34)39-28-23(20-27(35)37-7)19-25(40-31(28,36)30(5,6)17-15-18-32)21-24(33)22-38-41(8,9)29(2,3)4/h15,17-18,20,24-25,28,33,36H,10-14,16,19,21-22H2,1-9H3/t24?,25-,28-,31+/m0/s1. The first-order chi connectivity index (χ1) is 18.9. The fraction of sp³-hybridized carbons (Fsp3) is 0.774. The molecule has 1 aliphatic rings. The van der Waals surface area contributed by atoms with Gasteiger partial charge in [0.15, 0.2) is 14.4 Å². The Hall–Kier alpha value is -1.85. The summed E-state index contributed by atoms with van der Waals surface area (Å²) in [5.41, 5.74) is -0.934. The Morgan fingerprint density at radius 3 is 2.34 bits per heavy atom. The average molecular weight is 599 g/mol. The summed E-state index contributed by atoms with van der Waals surface area (Å²) in [4.78, 5) is 36.5. The fourth-order valence-corrected chi connectivity index (χ4v) is 5.50. The number of allylic oxidation sites excluding steroid dienone is 1. The van der Waals surface area contributed by atoms with Gasteiger partial charge in [0.25, 0.3) is 0 Å². The molecule has 4 atom stereocenters. The lowest BCUT2D eigenvalue weighted by Gasteiger charge is -2.50. The summed E-state index contributed by atoms with van der Waals surface area (Å²) in [6.07, 6.45) is 6.56. The lowest BCUT2D eigenvalue weighted by Crippen LogP contribution is -2.62. The van der Waals surface area contributed by atoms with Gasteiger partial charge >= 0.3 is 11.9 Å². The van der Waals surface area contributed by atoms with Gasteiger partial charge < -0.3 is 28.8 Å². The van der Waals surface area contributed by atoms with Crippen LogP contribution in [0.3, 0.4) is 0 Å². The number of carbonyl (C=O) groups excluding carboxylic acids is 3. The van der Waals surface area contributed by atoms with Crippen LogP contribution in [0.2, 0.25) is 18.1 Å². The number of aliphatic hydroxyl groups excluding tert-OH is 1. The van der Waals surface area contributed by atoms with Crippen LogP contribution < -0.4 is 0 Å². The highest BCUT2D eigenvalue weighted by Crippen LogP contribution is 2.46. The van der Waals surface area contributed by atoms with Gasteiger partial charge in [0.05, 0.1) is 25.9 Å². The zero-order valence-corrected chi connectivity index (χ0v) is 27.7. The van der Waals surface area contributed by atoms with E-state index in [-0.39, 0.29) is 30.9 Å². The largest absolute Gasteiger partial charge is 0.466 e. The van der Waals surface area contributed by atoms with E-state index in [2.05, 4.69) is 40.8 Å². The molecule has 1 rings (SSSR count). The molecule has 0 saturated carbocycles. The second-order valence-electron chi connectivity index (χ2n) is 13.1. The number of ether oxygens (including phenoxy) is 3. The number of hydrogen-bond donors (Lipinski definition) is 2. The molecule has 41 heavy (non-hydrogen) atoms. The second kappa shape index (κ2) is 16.1. The summed E-state index contributed by atoms with van der Waals surface area (Å²) >= 11 is 0. The maximum atomic E-state index is 12.9. The van der Waals surface area contributed by atoms with E-state index in [4.69, 9.17) is 18.6 Å². The third-order valence-electron chi connectivity index (χ3n) is 8.23. The van der Waals surface area contributed by atoms with Crippen molar-refractivity contribution in [2.24, 2.45) is 5.41 Å². The molecule has 0 amide bonds. The summed E-state index contributed by atoms with van der Waals surface area (Å²) < 4.78 is 23.1. The molecule has 236 valence electrons. The molecule has 9 nitrogen and oxygen atoms in total. The van der Waals surface area contributed by atoms with Crippen LogP contribution in [0.4, 0.5) is 0 Å². The lowest BCUT2D eigenvalue weighted by atomic mass is 9.74. The van der Waals surface area contributed by atoms with E-state index >= 15 is 0 Å². The van der Waals surface area contributed by atoms with Gasteiger partial charge in [-0.2, -0.15) is 0 Å². The molecule has 1 aliphatic heterocycles. The zero-order valence-electron chi connectivity index (χ0n) is 26.7. The second-order valence-corrected chi connectivity index (χ2v) is 17.9. The van der Waals surface area contributed by atoms with E-state index in [1.165, 1.54) is 25.3 Å². The molecule has 0 aliphatic carbocycles. The molecule has 1 unspecified atom stereocenters. The van der Waals surface area contributed by atoms with Crippen LogP contribution in [-0.4, -0.2) is 74.6 Å². The van der Waals surface area contributed by atoms with Gasteiger partial charge in [-0.1, -0.05) is 73.3 Å². The Kier molecular flexibility index (Phi) is 14.6. The van der Waals surface area contributed by atoms with Crippen molar-refractivity contribution in [3.63, 3.8) is 0 Å². The Bertz CT molecular complexity index is 919. The first-order valence-electron chi connectivity index (χ1n) is 14.8. The monoisotopic (exact) mass is 598 g/mol. The van der Waals surface area contributed by atoms with Gasteiger partial charge in [-0.15, -0.1) is 0 Å². The first-order valence-corrected chi connectivity index (χ1v) is 17.7. The molecule has 0 aromatic rings. The van der Waals surface area contributed by atoms with Crippen molar-refractivity contribution in [1.82, 2.24) is 0 Å². The predicted octanol–water partition coefficient (Wildman–Crippen LogP) is 5.39. The first kappa shape index (κ1) is 37.2. The van der Waals surface area contributed by atoms with Crippen LogP contribution in [0.15, 0.2) is 23.8 Å². The number of unbranched alkanes of at least 4 members (excludes halogenated alkanes) is 4. The van der Waals surface area contributed by atoms with Crippen LogP contribution in [0, 0.1) is 5.41 Å². The highest BCUT2D eigenvalue weighted by Gasteiger charge is 2.57. The van der Waals surface area contributed by atoms with Crippen molar-refractivity contribution in [3.05, 3.63) is 23.8 Å². The Morgan fingerprint density at radius 2 is 1.78 bits per heavy atom. The number of rotatable bonds is 16. The van der Waals surface area contributed by atoms with Crippen molar-refractivity contribution in [2.75, 3.05) is 13.7 Å². The van der Waals surface area contributed by atoms with Gasteiger partial charge in [-0.25, -0.2) is 4.79 Å². The molecule has 0 radical (unpaired) electrons. The SMILES string of the molecule is CCCCCCCC(=O)O[C@H]1C(=CC(=O)OC)C[C@@H](CC(O)CO[Si](C)(C)C(C)(C)C)O[C@@]1(O)C(C)(C)C=CC=O. The van der Waals surface area contributed by atoms with E-state index < -0.39 is 49.8 Å². The lowest BCUT2D eigenvalue weighted by molar-refractivity contribution is -0.327. The molecule has 10 heteroatoms. The minimum absolute atomic E-state index is 0.0349. The number of aliphatic hydroxyl groups is 2. The highest BCUT2D eigenvalue weighted by molar-refractivity contribution is 6.74. The van der Waals surface area contributed by atoms with Crippen molar-refractivity contribution in [1.29, 1.82) is 0 Å². The molecule has 1 saturated heterocycles. The normalized spacial score (nSPS) is 23.9. The quantitative estimate of drug-likeness (QED) is 0.0790. The van der Waals surface area contributed by atoms with Gasteiger partial charge in [0.2, 0.25) is 5.79 Å². The molecule has 0 aromatic carbocycles. The van der Waals surface area contributed by atoms with E-state index in [9.17, 15) is 24.6 Å². The molecule has 2 N–H and O–H groups in total. The summed E-state index contributed by atoms with van der Waals surface area (Å²) in [6.45, 7) is 16.0. The molecule has 1 heterocycles. The Balaban J connectivity index is 3.33. The summed E-state index contributed by atoms with van der Waals surface area (Å²) in [6, 6.07) is 0. The van der Waals surface area contributed by atoms with Crippen molar-refractivity contribution in [2.45, 2.75) is 135 Å². The maximum Gasteiger partial charge on any atom is 0.330 e. The van der Waals surface area contributed by atoms with E-state index in [1.807, 2.05) is 0 Å². The number of hydrogen-bond acceptors (Lipinski definition) is 9. The van der Waals surface area contributed by atoms with Gasteiger partial charge in [0, 0.05) is 24.3 Å². The van der Waals surface area contributed by atoms with Crippen molar-refractivity contribution in [3.8, 4) is 0 Å². The topological polar surface area (TPSA) is 129 Å². The molecule has 0 spiro atoms. The van der Waals surface area contributed by atoms with Gasteiger partial charge in [0.1, 0.15) is 6.29 Å². The van der Waals surface area contributed by atoms with Gasteiger partial charge in [-0.3, -0.25) is 9.59 Å². The summed E-state index contributed by atoms with van der Waals surface area (Å²) in [5, 5.41) is 23.0. The molecule has 0 bridgehead atoms. The van der Waals surface area contributed by atoms with E-state index in [0.717, 1.165) is 25.7 Å². The van der Waals surface area contributed by atoms with Crippen LogP contribution in [-0.2, 0) is 33.0 Å². The van der Waals surface area contributed by atoms with Crippen molar-refractivity contribution >= 4 is 26.5 Å². The van der Waals surface area contributed by atoms with Crippen LogP contribution >= 0.6 is 0 Å². The third kappa shape index (κ3) is 11.1. The highest BCUT2D eigenvalue weighted by atomic mass is 28.4. The van der Waals surface area contributed by atoms with Crippen LogP contribution in [0.5, 0.6) is 0 Å². The van der Waals surface area contributed by atoms with Crippen molar-refractivity contribution < 1.29 is 43.2 Å². The Morgan fingerprint density at radius 1 is 1.15 bits per heavy atom. The fourth-order valence-electron chi connectivity index (χ4n) is 4.46. The van der Waals surface area contributed by atoms with E-state index in [0.29, 0.717) is 18.3 Å². The number of aldehydes is 1. The number of carbonyl (C=O) groups is 3. The van der Waals surface area contributed by atoms with Gasteiger partial charge in [-0.05, 0) is 42.6 Å². The smallest absolute Gasteiger partial charge is 0.330 e. The molecule has 1 fully saturated rings. The molecular weight excluding hydrogens is 544 g/mol. The molecular formula is C31H54O9Si. The number of esters is 2. The van der Waals surface area contributed by atoms with E-state index in [1.54, 1.807) is 13.8 Å². The minimum atomic E-state index is -2.16. The zero-order chi connectivity index (χ0) is 31.5. The minimum Gasteiger partial charge on any atom is -0.466 e. The average Bonchev–Trinajstić information content (AvgIpc) is 2.87. The van der Waals surface area contributed by atoms with Crippen LogP contribution in [0.1, 0.15) is 92.9 Å². The molecule has 0 aromatic heterocycles. The predicted molar refractivity (Wildman–Crippen MR) is 161 cm³/mol. The third-order valence-corrected chi connectivity index (χ3v) is 12.7.